The van der Waals surface area contributed by atoms with Gasteiger partial charge in [0.1, 0.15) is 0 Å². The summed E-state index contributed by atoms with van der Waals surface area (Å²) in [5.41, 5.74) is 2.16. The first-order valence-electron chi connectivity index (χ1n) is 7.27. The lowest BCUT2D eigenvalue weighted by atomic mass is 10.2. The molecule has 0 aliphatic rings. The third-order valence-electron chi connectivity index (χ3n) is 3.00. The minimum Gasteiger partial charge on any atom is -0.315 e. The van der Waals surface area contributed by atoms with E-state index >= 15 is 0 Å². The Kier molecular flexibility index (Phi) is 5.77. The zero-order valence-corrected chi connectivity index (χ0v) is 12.3. The number of hydrogen-bond donors (Lipinski definition) is 2. The van der Waals surface area contributed by atoms with Crippen molar-refractivity contribution in [3.8, 4) is 5.69 Å². The fraction of sp³-hybridized carbons (Fsp3) is 0.438. The summed E-state index contributed by atoms with van der Waals surface area (Å²) < 4.78 is 1.91. The third-order valence-corrected chi connectivity index (χ3v) is 3.00. The first kappa shape index (κ1) is 14.8. The van der Waals surface area contributed by atoms with Crippen molar-refractivity contribution in [3.63, 3.8) is 0 Å². The van der Waals surface area contributed by atoms with Crippen LogP contribution in [0.5, 0.6) is 0 Å². The smallest absolute Gasteiger partial charge is 0.0766 e. The topological polar surface area (TPSA) is 41.9 Å². The first-order valence-corrected chi connectivity index (χ1v) is 7.27. The number of aromatic nitrogens is 2. The molecule has 0 atom stereocenters. The largest absolute Gasteiger partial charge is 0.315 e. The highest BCUT2D eigenvalue weighted by molar-refractivity contribution is 5.30. The van der Waals surface area contributed by atoms with Crippen molar-refractivity contribution in [2.24, 2.45) is 5.92 Å². The van der Waals surface area contributed by atoms with Gasteiger partial charge < -0.3 is 10.6 Å². The molecule has 0 aliphatic heterocycles. The van der Waals surface area contributed by atoms with E-state index in [-0.39, 0.29) is 0 Å². The summed E-state index contributed by atoms with van der Waals surface area (Å²) in [6.45, 7) is 8.28. The van der Waals surface area contributed by atoms with E-state index in [1.165, 1.54) is 0 Å². The summed E-state index contributed by atoms with van der Waals surface area (Å²) >= 11 is 0. The van der Waals surface area contributed by atoms with Gasteiger partial charge in [-0.15, -0.1) is 0 Å². The van der Waals surface area contributed by atoms with Crippen molar-refractivity contribution < 1.29 is 0 Å². The van der Waals surface area contributed by atoms with Crippen LogP contribution in [-0.4, -0.2) is 29.4 Å². The molecule has 0 aliphatic carbocycles. The van der Waals surface area contributed by atoms with Gasteiger partial charge in [-0.25, -0.2) is 4.68 Å². The number of nitrogens with one attached hydrogen (secondary N) is 2. The van der Waals surface area contributed by atoms with E-state index in [1.807, 2.05) is 29.1 Å². The zero-order chi connectivity index (χ0) is 14.2. The molecule has 0 saturated heterocycles. The van der Waals surface area contributed by atoms with Crippen molar-refractivity contribution in [2.75, 3.05) is 19.6 Å². The van der Waals surface area contributed by atoms with Gasteiger partial charge in [-0.05, 0) is 30.7 Å². The van der Waals surface area contributed by atoms with Crippen LogP contribution in [-0.2, 0) is 6.54 Å². The number of hydrogen-bond acceptors (Lipinski definition) is 3. The molecule has 0 spiro atoms. The van der Waals surface area contributed by atoms with Crippen molar-refractivity contribution in [2.45, 2.75) is 20.4 Å². The maximum absolute atomic E-state index is 4.56. The van der Waals surface area contributed by atoms with Gasteiger partial charge in [-0.1, -0.05) is 32.0 Å². The molecule has 0 saturated carbocycles. The summed E-state index contributed by atoms with van der Waals surface area (Å²) in [6, 6.07) is 12.2. The lowest BCUT2D eigenvalue weighted by Crippen LogP contribution is -2.29. The maximum atomic E-state index is 4.56. The Bertz CT molecular complexity index is 490. The van der Waals surface area contributed by atoms with Crippen LogP contribution in [0.1, 0.15) is 19.5 Å². The molecule has 0 bridgehead atoms. The molecule has 0 unspecified atom stereocenters. The Labute approximate surface area is 121 Å². The molecule has 4 nitrogen and oxygen atoms in total. The van der Waals surface area contributed by atoms with E-state index in [2.05, 4.69) is 47.8 Å². The molecular formula is C16H24N4. The fourth-order valence-electron chi connectivity index (χ4n) is 1.96. The molecule has 1 heterocycles. The van der Waals surface area contributed by atoms with Gasteiger partial charge in [0.2, 0.25) is 0 Å². The summed E-state index contributed by atoms with van der Waals surface area (Å²) in [7, 11) is 0. The van der Waals surface area contributed by atoms with Crippen molar-refractivity contribution >= 4 is 0 Å². The Hall–Kier alpha value is -1.65. The SMILES string of the molecule is CC(C)CNCCNCc1ccn(-c2ccccc2)n1. The van der Waals surface area contributed by atoms with Crippen molar-refractivity contribution in [3.05, 3.63) is 48.3 Å². The average molecular weight is 272 g/mol. The molecule has 0 fully saturated rings. The third kappa shape index (κ3) is 4.79. The van der Waals surface area contributed by atoms with Gasteiger partial charge in [-0.2, -0.15) is 5.10 Å². The normalized spacial score (nSPS) is 11.2. The summed E-state index contributed by atoms with van der Waals surface area (Å²) in [5.74, 6) is 0.705. The molecule has 20 heavy (non-hydrogen) atoms. The second-order valence-corrected chi connectivity index (χ2v) is 5.36. The van der Waals surface area contributed by atoms with Crippen LogP contribution in [0, 0.1) is 5.92 Å². The lowest BCUT2D eigenvalue weighted by molar-refractivity contribution is 0.533. The molecule has 108 valence electrons. The highest BCUT2D eigenvalue weighted by Crippen LogP contribution is 2.06. The molecule has 2 N–H and O–H groups in total. The Balaban J connectivity index is 1.71. The van der Waals surface area contributed by atoms with Gasteiger partial charge in [0.05, 0.1) is 11.4 Å². The van der Waals surface area contributed by atoms with Crippen LogP contribution in [0.15, 0.2) is 42.6 Å². The minimum atomic E-state index is 0.705. The standard InChI is InChI=1S/C16H24N4/c1-14(2)12-17-9-10-18-13-15-8-11-20(19-15)16-6-4-3-5-7-16/h3-8,11,14,17-18H,9-10,12-13H2,1-2H3. The van der Waals surface area contributed by atoms with Crippen LogP contribution in [0.2, 0.25) is 0 Å². The van der Waals surface area contributed by atoms with Gasteiger partial charge in [0.25, 0.3) is 0 Å². The number of rotatable bonds is 8. The molecular weight excluding hydrogens is 248 g/mol. The minimum absolute atomic E-state index is 0.705. The molecule has 1 aromatic heterocycles. The van der Waals surface area contributed by atoms with Crippen LogP contribution in [0.3, 0.4) is 0 Å². The average Bonchev–Trinajstić information content (AvgIpc) is 2.92. The van der Waals surface area contributed by atoms with Gasteiger partial charge in [0, 0.05) is 25.8 Å². The second-order valence-electron chi connectivity index (χ2n) is 5.36. The molecule has 2 aromatic rings. The van der Waals surface area contributed by atoms with E-state index < -0.39 is 0 Å². The predicted molar refractivity (Wildman–Crippen MR) is 83.0 cm³/mol. The molecule has 2 rings (SSSR count). The fourth-order valence-corrected chi connectivity index (χ4v) is 1.96. The number of nitrogens with zero attached hydrogens (tertiary/aromatic N) is 2. The van der Waals surface area contributed by atoms with E-state index in [0.29, 0.717) is 5.92 Å². The summed E-state index contributed by atoms with van der Waals surface area (Å²) in [5, 5.41) is 11.4. The van der Waals surface area contributed by atoms with Crippen LogP contribution < -0.4 is 10.6 Å². The van der Waals surface area contributed by atoms with Crippen molar-refractivity contribution in [1.29, 1.82) is 0 Å². The monoisotopic (exact) mass is 272 g/mol. The number of para-hydroxylation sites is 1. The molecule has 0 radical (unpaired) electrons. The van der Waals surface area contributed by atoms with Gasteiger partial charge in [0.15, 0.2) is 0 Å². The second kappa shape index (κ2) is 7.82. The lowest BCUT2D eigenvalue weighted by Gasteiger charge is -2.07. The van der Waals surface area contributed by atoms with E-state index in [1.54, 1.807) is 0 Å². The first-order chi connectivity index (χ1) is 9.75. The quantitative estimate of drug-likeness (QED) is 0.724. The van der Waals surface area contributed by atoms with Crippen LogP contribution >= 0.6 is 0 Å². The Morgan fingerprint density at radius 1 is 1.05 bits per heavy atom. The Morgan fingerprint density at radius 2 is 1.80 bits per heavy atom. The van der Waals surface area contributed by atoms with E-state index in [9.17, 15) is 0 Å². The molecule has 4 heteroatoms. The number of benzene rings is 1. The highest BCUT2D eigenvalue weighted by atomic mass is 15.3. The Morgan fingerprint density at radius 3 is 2.55 bits per heavy atom. The van der Waals surface area contributed by atoms with E-state index in [0.717, 1.165) is 37.6 Å². The van der Waals surface area contributed by atoms with Gasteiger partial charge in [-0.3, -0.25) is 0 Å². The molecule has 1 aromatic carbocycles. The van der Waals surface area contributed by atoms with Crippen molar-refractivity contribution in [1.82, 2.24) is 20.4 Å². The maximum Gasteiger partial charge on any atom is 0.0766 e. The van der Waals surface area contributed by atoms with Gasteiger partial charge >= 0.3 is 0 Å². The molecule has 0 amide bonds. The summed E-state index contributed by atoms with van der Waals surface area (Å²) in [4.78, 5) is 0. The predicted octanol–water partition coefficient (Wildman–Crippen LogP) is 2.21. The van der Waals surface area contributed by atoms with Crippen LogP contribution in [0.4, 0.5) is 0 Å². The van der Waals surface area contributed by atoms with E-state index in [4.69, 9.17) is 0 Å². The van der Waals surface area contributed by atoms with Crippen LogP contribution in [0.25, 0.3) is 5.69 Å². The highest BCUT2D eigenvalue weighted by Gasteiger charge is 2.00. The zero-order valence-electron chi connectivity index (χ0n) is 12.3. The summed E-state index contributed by atoms with van der Waals surface area (Å²) in [6.07, 6.45) is 2.00.